The fourth-order valence-corrected chi connectivity index (χ4v) is 3.04. The number of nitro benzene ring substituents is 1. The Labute approximate surface area is 141 Å². The fraction of sp³-hybridized carbons (Fsp3) is 0.588. The molecule has 1 amide bonds. The highest BCUT2D eigenvalue weighted by atomic mass is 16.6. The van der Waals surface area contributed by atoms with Gasteiger partial charge >= 0.3 is 0 Å². The van der Waals surface area contributed by atoms with Gasteiger partial charge in [-0.25, -0.2) is 0 Å². The van der Waals surface area contributed by atoms with Crippen molar-refractivity contribution in [3.63, 3.8) is 0 Å². The van der Waals surface area contributed by atoms with Crippen LogP contribution >= 0.6 is 0 Å². The average Bonchev–Trinajstić information content (AvgIpc) is 2.56. The van der Waals surface area contributed by atoms with Crippen LogP contribution in [0.25, 0.3) is 0 Å². The molecule has 7 heteroatoms. The number of carbonyl (C=O) groups is 1. The number of nitro groups is 1. The SMILES string of the molecule is CCOc1cc(NC)c([N+](=O)[O-])cc1C(=O)NC1CCC(C)CC1. The van der Waals surface area contributed by atoms with Gasteiger partial charge in [0.25, 0.3) is 11.6 Å². The van der Waals surface area contributed by atoms with Crippen LogP contribution in [0, 0.1) is 16.0 Å². The molecule has 0 saturated heterocycles. The van der Waals surface area contributed by atoms with Crippen LogP contribution in [-0.4, -0.2) is 30.5 Å². The molecule has 0 heterocycles. The van der Waals surface area contributed by atoms with E-state index in [-0.39, 0.29) is 23.2 Å². The van der Waals surface area contributed by atoms with Gasteiger partial charge < -0.3 is 15.4 Å². The van der Waals surface area contributed by atoms with Crippen molar-refractivity contribution < 1.29 is 14.5 Å². The average molecular weight is 335 g/mol. The van der Waals surface area contributed by atoms with Gasteiger partial charge in [-0.15, -0.1) is 0 Å². The minimum atomic E-state index is -0.499. The van der Waals surface area contributed by atoms with Crippen molar-refractivity contribution >= 4 is 17.3 Å². The van der Waals surface area contributed by atoms with Crippen LogP contribution in [0.3, 0.4) is 0 Å². The summed E-state index contributed by atoms with van der Waals surface area (Å²) in [7, 11) is 1.60. The van der Waals surface area contributed by atoms with E-state index in [0.29, 0.717) is 24.0 Å². The number of nitrogens with zero attached hydrogens (tertiary/aromatic N) is 1. The zero-order valence-electron chi connectivity index (χ0n) is 14.4. The summed E-state index contributed by atoms with van der Waals surface area (Å²) < 4.78 is 5.52. The fourth-order valence-electron chi connectivity index (χ4n) is 3.04. The normalized spacial score (nSPS) is 20.3. The van der Waals surface area contributed by atoms with Crippen LogP contribution < -0.4 is 15.4 Å². The molecular formula is C17H25N3O4. The predicted molar refractivity (Wildman–Crippen MR) is 92.7 cm³/mol. The Balaban J connectivity index is 2.27. The number of ether oxygens (including phenoxy) is 1. The number of carbonyl (C=O) groups excluding carboxylic acids is 1. The third-order valence-corrected chi connectivity index (χ3v) is 4.46. The first-order chi connectivity index (χ1) is 11.5. The molecule has 0 radical (unpaired) electrons. The van der Waals surface area contributed by atoms with Crippen molar-refractivity contribution in [2.45, 2.75) is 45.6 Å². The van der Waals surface area contributed by atoms with Gasteiger partial charge in [-0.1, -0.05) is 6.92 Å². The molecular weight excluding hydrogens is 310 g/mol. The van der Waals surface area contributed by atoms with Crippen LogP contribution in [0.5, 0.6) is 5.75 Å². The summed E-state index contributed by atoms with van der Waals surface area (Å²) in [5, 5.41) is 17.0. The Morgan fingerprint density at radius 2 is 2.00 bits per heavy atom. The van der Waals surface area contributed by atoms with E-state index in [2.05, 4.69) is 17.6 Å². The van der Waals surface area contributed by atoms with Crippen molar-refractivity contribution in [1.29, 1.82) is 0 Å². The topological polar surface area (TPSA) is 93.5 Å². The second-order valence-electron chi connectivity index (χ2n) is 6.24. The highest BCUT2D eigenvalue weighted by molar-refractivity contribution is 5.99. The summed E-state index contributed by atoms with van der Waals surface area (Å²) in [6.45, 7) is 4.40. The summed E-state index contributed by atoms with van der Waals surface area (Å²) in [4.78, 5) is 23.4. The number of amides is 1. The van der Waals surface area contributed by atoms with Crippen molar-refractivity contribution in [2.75, 3.05) is 19.0 Å². The molecule has 2 rings (SSSR count). The maximum atomic E-state index is 12.6. The number of anilines is 1. The molecule has 1 saturated carbocycles. The molecule has 1 fully saturated rings. The second-order valence-corrected chi connectivity index (χ2v) is 6.24. The summed E-state index contributed by atoms with van der Waals surface area (Å²) in [6, 6.07) is 2.92. The first-order valence-corrected chi connectivity index (χ1v) is 8.40. The Hall–Kier alpha value is -2.31. The lowest BCUT2D eigenvalue weighted by Gasteiger charge is -2.27. The molecule has 0 spiro atoms. The van der Waals surface area contributed by atoms with Gasteiger partial charge in [0.15, 0.2) is 0 Å². The van der Waals surface area contributed by atoms with Crippen LogP contribution in [0.1, 0.15) is 49.9 Å². The summed E-state index contributed by atoms with van der Waals surface area (Å²) in [6.07, 6.45) is 4.05. The number of nitrogens with one attached hydrogen (secondary N) is 2. The molecule has 132 valence electrons. The van der Waals surface area contributed by atoms with Gasteiger partial charge in [0, 0.05) is 25.2 Å². The van der Waals surface area contributed by atoms with E-state index in [4.69, 9.17) is 4.74 Å². The molecule has 0 aromatic heterocycles. The quantitative estimate of drug-likeness (QED) is 0.614. The number of benzene rings is 1. The van der Waals surface area contributed by atoms with Crippen molar-refractivity contribution in [2.24, 2.45) is 5.92 Å². The van der Waals surface area contributed by atoms with Gasteiger partial charge in [0.2, 0.25) is 0 Å². The maximum absolute atomic E-state index is 12.6. The van der Waals surface area contributed by atoms with Crippen LogP contribution in [0.4, 0.5) is 11.4 Å². The van der Waals surface area contributed by atoms with E-state index in [1.54, 1.807) is 7.05 Å². The summed E-state index contributed by atoms with van der Waals surface area (Å²) in [5.74, 6) is 0.728. The second kappa shape index (κ2) is 7.99. The molecule has 1 aliphatic carbocycles. The third kappa shape index (κ3) is 4.15. The van der Waals surface area contributed by atoms with Gasteiger partial charge in [-0.2, -0.15) is 0 Å². The molecule has 1 aromatic carbocycles. The Bertz CT molecular complexity index is 610. The van der Waals surface area contributed by atoms with Gasteiger partial charge in [-0.05, 0) is 38.5 Å². The smallest absolute Gasteiger partial charge is 0.293 e. The molecule has 0 aliphatic heterocycles. The number of rotatable bonds is 6. The molecule has 0 unspecified atom stereocenters. The molecule has 0 bridgehead atoms. The van der Waals surface area contributed by atoms with Crippen molar-refractivity contribution in [3.8, 4) is 5.75 Å². The number of hydrogen-bond donors (Lipinski definition) is 2. The van der Waals surface area contributed by atoms with E-state index >= 15 is 0 Å². The largest absolute Gasteiger partial charge is 0.493 e. The van der Waals surface area contributed by atoms with Crippen LogP contribution in [-0.2, 0) is 0 Å². The van der Waals surface area contributed by atoms with E-state index in [0.717, 1.165) is 25.7 Å². The highest BCUT2D eigenvalue weighted by Crippen LogP contribution is 2.33. The lowest BCUT2D eigenvalue weighted by Crippen LogP contribution is -2.37. The first kappa shape index (κ1) is 18.0. The summed E-state index contributed by atoms with van der Waals surface area (Å²) >= 11 is 0. The molecule has 2 N–H and O–H groups in total. The molecule has 7 nitrogen and oxygen atoms in total. The summed E-state index contributed by atoms with van der Waals surface area (Å²) in [5.41, 5.74) is 0.399. The minimum absolute atomic E-state index is 0.117. The van der Waals surface area contributed by atoms with Gasteiger partial charge in [0.1, 0.15) is 11.4 Å². The molecule has 1 aliphatic rings. The number of hydrogen-bond acceptors (Lipinski definition) is 5. The van der Waals surface area contributed by atoms with E-state index in [9.17, 15) is 14.9 Å². The Morgan fingerprint density at radius 3 is 2.54 bits per heavy atom. The maximum Gasteiger partial charge on any atom is 0.293 e. The van der Waals surface area contributed by atoms with Crippen molar-refractivity contribution in [3.05, 3.63) is 27.8 Å². The van der Waals surface area contributed by atoms with Crippen molar-refractivity contribution in [1.82, 2.24) is 5.32 Å². The third-order valence-electron chi connectivity index (χ3n) is 4.46. The van der Waals surface area contributed by atoms with Gasteiger partial charge in [-0.3, -0.25) is 14.9 Å². The highest BCUT2D eigenvalue weighted by Gasteiger charge is 2.25. The van der Waals surface area contributed by atoms with Crippen LogP contribution in [0.15, 0.2) is 12.1 Å². The van der Waals surface area contributed by atoms with E-state index < -0.39 is 4.92 Å². The first-order valence-electron chi connectivity index (χ1n) is 8.40. The molecule has 24 heavy (non-hydrogen) atoms. The zero-order valence-corrected chi connectivity index (χ0v) is 14.4. The lowest BCUT2D eigenvalue weighted by atomic mass is 9.87. The molecule has 0 atom stereocenters. The monoisotopic (exact) mass is 335 g/mol. The van der Waals surface area contributed by atoms with E-state index in [1.807, 2.05) is 6.92 Å². The minimum Gasteiger partial charge on any atom is -0.493 e. The van der Waals surface area contributed by atoms with Gasteiger partial charge in [0.05, 0.1) is 17.1 Å². The zero-order chi connectivity index (χ0) is 17.7. The Kier molecular flexibility index (Phi) is 6.00. The molecule has 1 aromatic rings. The lowest BCUT2D eigenvalue weighted by molar-refractivity contribution is -0.384. The predicted octanol–water partition coefficient (Wildman–Crippen LogP) is 3.34. The van der Waals surface area contributed by atoms with Crippen LogP contribution in [0.2, 0.25) is 0 Å². The standard InChI is InChI=1S/C17H25N3O4/c1-4-24-16-10-14(18-3)15(20(22)23)9-13(16)17(21)19-12-7-5-11(2)6-8-12/h9-12,18H,4-8H2,1-3H3,(H,19,21). The Morgan fingerprint density at radius 1 is 1.33 bits per heavy atom. The van der Waals surface area contributed by atoms with E-state index in [1.165, 1.54) is 12.1 Å².